The first-order valence-electron chi connectivity index (χ1n) is 9.96. The Labute approximate surface area is 192 Å². The van der Waals surface area contributed by atoms with Crippen LogP contribution in [0.1, 0.15) is 38.3 Å². The second-order valence-electron chi connectivity index (χ2n) is 7.37. The molecule has 0 radical (unpaired) electrons. The van der Waals surface area contributed by atoms with Gasteiger partial charge >= 0.3 is 0 Å². The van der Waals surface area contributed by atoms with Gasteiger partial charge in [-0.2, -0.15) is 0 Å². The molecule has 4 heterocycles. The summed E-state index contributed by atoms with van der Waals surface area (Å²) < 4.78 is 18.6. The van der Waals surface area contributed by atoms with E-state index in [9.17, 15) is 4.79 Å². The number of Topliss-reactive ketones (excluding diaryl/α,β-unsaturated/α-hetero) is 1. The fourth-order valence-electron chi connectivity index (χ4n) is 3.68. The predicted molar refractivity (Wildman–Crippen MR) is 120 cm³/mol. The molecule has 0 bridgehead atoms. The molecule has 0 fully saturated rings. The van der Waals surface area contributed by atoms with Crippen molar-refractivity contribution in [1.82, 2.24) is 19.7 Å². The van der Waals surface area contributed by atoms with Crippen LogP contribution >= 0.6 is 23.1 Å². The number of hydrogen-bond acceptors (Lipinski definition) is 9. The number of hydrogen-bond donors (Lipinski definition) is 0. The zero-order chi connectivity index (χ0) is 22.2. The molecule has 1 aliphatic rings. The topological polar surface area (TPSA) is 92.3 Å². The van der Waals surface area contributed by atoms with E-state index < -0.39 is 0 Å². The summed E-state index contributed by atoms with van der Waals surface area (Å²) in [6, 6.07) is 7.68. The van der Waals surface area contributed by atoms with Gasteiger partial charge in [0.05, 0.1) is 22.9 Å². The molecule has 0 saturated carbocycles. The molecule has 3 aromatic heterocycles. The molecule has 32 heavy (non-hydrogen) atoms. The summed E-state index contributed by atoms with van der Waals surface area (Å²) in [6.45, 7) is 6.10. The number of thioether (sulfide) groups is 1. The van der Waals surface area contributed by atoms with Gasteiger partial charge in [0.25, 0.3) is 5.22 Å². The van der Waals surface area contributed by atoms with Gasteiger partial charge < -0.3 is 18.5 Å². The Morgan fingerprint density at radius 2 is 2.00 bits per heavy atom. The maximum absolute atomic E-state index is 12.9. The molecule has 1 aliphatic heterocycles. The monoisotopic (exact) mass is 468 g/mol. The van der Waals surface area contributed by atoms with Crippen LogP contribution in [-0.4, -0.2) is 38.1 Å². The smallest absolute Gasteiger partial charge is 0.277 e. The Morgan fingerprint density at radius 3 is 2.81 bits per heavy atom. The molecule has 0 unspecified atom stereocenters. The number of aromatic nitrogens is 4. The summed E-state index contributed by atoms with van der Waals surface area (Å²) in [4.78, 5) is 17.4. The SMILES string of the molecule is Cc1nc(Cc2nnc(SCC(=O)c3cc(C)n(-c4ccc5c(c4)OCO5)c3C)o2)cs1. The van der Waals surface area contributed by atoms with Gasteiger partial charge in [-0.1, -0.05) is 11.8 Å². The van der Waals surface area contributed by atoms with E-state index in [1.807, 2.05) is 55.0 Å². The first-order valence-corrected chi connectivity index (χ1v) is 11.8. The van der Waals surface area contributed by atoms with Crippen molar-refractivity contribution in [3.63, 3.8) is 0 Å². The molecular formula is C22H20N4O4S2. The number of rotatable bonds is 7. The molecule has 0 saturated heterocycles. The zero-order valence-corrected chi connectivity index (χ0v) is 19.4. The van der Waals surface area contributed by atoms with Crippen LogP contribution in [0.2, 0.25) is 0 Å². The van der Waals surface area contributed by atoms with Crippen molar-refractivity contribution in [3.8, 4) is 17.2 Å². The molecule has 0 aliphatic carbocycles. The highest BCUT2D eigenvalue weighted by atomic mass is 32.2. The molecule has 0 atom stereocenters. The van der Waals surface area contributed by atoms with Crippen LogP contribution in [-0.2, 0) is 6.42 Å². The van der Waals surface area contributed by atoms with E-state index in [-0.39, 0.29) is 18.3 Å². The number of benzene rings is 1. The molecule has 1 aromatic carbocycles. The average molecular weight is 469 g/mol. The third-order valence-corrected chi connectivity index (χ3v) is 6.76. The molecule has 4 aromatic rings. The van der Waals surface area contributed by atoms with Gasteiger partial charge in [0, 0.05) is 34.1 Å². The average Bonchev–Trinajstić information content (AvgIpc) is 3.55. The minimum Gasteiger partial charge on any atom is -0.454 e. The van der Waals surface area contributed by atoms with Gasteiger partial charge in [-0.25, -0.2) is 4.98 Å². The number of nitrogens with zero attached hydrogens (tertiary/aromatic N) is 4. The summed E-state index contributed by atoms with van der Waals surface area (Å²) in [5.41, 5.74) is 4.34. The largest absolute Gasteiger partial charge is 0.454 e. The van der Waals surface area contributed by atoms with E-state index in [0.29, 0.717) is 28.8 Å². The Hall–Kier alpha value is -3.11. The number of carbonyl (C=O) groups is 1. The molecule has 164 valence electrons. The molecular weight excluding hydrogens is 448 g/mol. The summed E-state index contributed by atoms with van der Waals surface area (Å²) in [6.07, 6.45) is 0.489. The Balaban J connectivity index is 1.28. The first kappa shape index (κ1) is 20.8. The lowest BCUT2D eigenvalue weighted by Crippen LogP contribution is -2.05. The van der Waals surface area contributed by atoms with Crippen LogP contribution in [0.4, 0.5) is 0 Å². The van der Waals surface area contributed by atoms with Gasteiger partial charge in [0.1, 0.15) is 0 Å². The quantitative estimate of drug-likeness (QED) is 0.288. The maximum Gasteiger partial charge on any atom is 0.277 e. The molecule has 8 nitrogen and oxygen atoms in total. The van der Waals surface area contributed by atoms with Crippen LogP contribution in [0, 0.1) is 20.8 Å². The zero-order valence-electron chi connectivity index (χ0n) is 17.7. The lowest BCUT2D eigenvalue weighted by molar-refractivity contribution is 0.102. The van der Waals surface area contributed by atoms with Gasteiger partial charge in [-0.15, -0.1) is 21.5 Å². The van der Waals surface area contributed by atoms with E-state index in [0.717, 1.165) is 33.5 Å². The van der Waals surface area contributed by atoms with Gasteiger partial charge in [0.15, 0.2) is 17.3 Å². The minimum atomic E-state index is 0.00460. The second kappa shape index (κ2) is 8.44. The van der Waals surface area contributed by atoms with Crippen LogP contribution in [0.15, 0.2) is 39.3 Å². The summed E-state index contributed by atoms with van der Waals surface area (Å²) in [5, 5.41) is 11.5. The Kier molecular flexibility index (Phi) is 5.48. The fraction of sp³-hybridized carbons (Fsp3) is 0.273. The van der Waals surface area contributed by atoms with Gasteiger partial charge in [-0.05, 0) is 39.0 Å². The van der Waals surface area contributed by atoms with Crippen LogP contribution in [0.3, 0.4) is 0 Å². The number of ether oxygens (including phenoxy) is 2. The second-order valence-corrected chi connectivity index (χ2v) is 9.35. The van der Waals surface area contributed by atoms with Crippen molar-refractivity contribution in [2.24, 2.45) is 0 Å². The van der Waals surface area contributed by atoms with Crippen LogP contribution < -0.4 is 9.47 Å². The molecule has 0 amide bonds. The number of fused-ring (bicyclic) bond motifs is 1. The standard InChI is InChI=1S/C22H20N4O4S2/c1-12-6-17(13(2)26(12)16-4-5-19-20(8-16)29-11-28-19)18(27)10-32-22-25-24-21(30-22)7-15-9-31-14(3)23-15/h4-6,8-9H,7,10-11H2,1-3H3. The third kappa shape index (κ3) is 4.03. The van der Waals surface area contributed by atoms with Gasteiger partial charge in [-0.3, -0.25) is 4.79 Å². The van der Waals surface area contributed by atoms with E-state index >= 15 is 0 Å². The molecule has 0 N–H and O–H groups in total. The fourth-order valence-corrected chi connectivity index (χ4v) is 4.96. The lowest BCUT2D eigenvalue weighted by atomic mass is 10.2. The van der Waals surface area contributed by atoms with Crippen molar-refractivity contribution in [1.29, 1.82) is 0 Å². The van der Waals surface area contributed by atoms with E-state index in [1.165, 1.54) is 11.8 Å². The lowest BCUT2D eigenvalue weighted by Gasteiger charge is -2.10. The normalized spacial score (nSPS) is 12.5. The van der Waals surface area contributed by atoms with Crippen molar-refractivity contribution in [2.45, 2.75) is 32.4 Å². The summed E-state index contributed by atoms with van der Waals surface area (Å²) in [5.74, 6) is 2.14. The molecule has 10 heteroatoms. The molecule has 5 rings (SSSR count). The van der Waals surface area contributed by atoms with Crippen molar-refractivity contribution >= 4 is 28.9 Å². The highest BCUT2D eigenvalue weighted by Gasteiger charge is 2.20. The third-order valence-electron chi connectivity index (χ3n) is 5.12. The number of thiazole rings is 1. The van der Waals surface area contributed by atoms with E-state index in [1.54, 1.807) is 11.3 Å². The Bertz CT molecular complexity index is 1310. The first-order chi connectivity index (χ1) is 15.5. The Morgan fingerprint density at radius 1 is 1.16 bits per heavy atom. The van der Waals surface area contributed by atoms with E-state index in [2.05, 4.69) is 15.2 Å². The van der Waals surface area contributed by atoms with Crippen molar-refractivity contribution in [2.75, 3.05) is 12.5 Å². The van der Waals surface area contributed by atoms with Crippen molar-refractivity contribution in [3.05, 3.63) is 63.2 Å². The van der Waals surface area contributed by atoms with Crippen LogP contribution in [0.5, 0.6) is 11.5 Å². The van der Waals surface area contributed by atoms with E-state index in [4.69, 9.17) is 13.9 Å². The highest BCUT2D eigenvalue weighted by molar-refractivity contribution is 7.99. The number of aryl methyl sites for hydroxylation is 2. The van der Waals surface area contributed by atoms with Crippen molar-refractivity contribution < 1.29 is 18.7 Å². The predicted octanol–water partition coefficient (Wildman–Crippen LogP) is 4.54. The summed E-state index contributed by atoms with van der Waals surface area (Å²) in [7, 11) is 0. The highest BCUT2D eigenvalue weighted by Crippen LogP contribution is 2.35. The number of ketones is 1. The van der Waals surface area contributed by atoms with Gasteiger partial charge in [0.2, 0.25) is 12.7 Å². The maximum atomic E-state index is 12.9. The molecule has 0 spiro atoms. The number of carbonyl (C=O) groups excluding carboxylic acids is 1. The minimum absolute atomic E-state index is 0.00460. The van der Waals surface area contributed by atoms with Crippen LogP contribution in [0.25, 0.3) is 5.69 Å². The summed E-state index contributed by atoms with van der Waals surface area (Å²) >= 11 is 2.83.